The zero-order valence-corrected chi connectivity index (χ0v) is 12.4. The number of likely N-dealkylation sites (N-methyl/N-ethyl adjacent to an activating group) is 1. The molecule has 2 N–H and O–H groups in total. The minimum Gasteiger partial charge on any atom is -0.481 e. The zero-order valence-electron chi connectivity index (χ0n) is 12.4. The Morgan fingerprint density at radius 1 is 1.38 bits per heavy atom. The highest BCUT2D eigenvalue weighted by Gasteiger charge is 2.23. The summed E-state index contributed by atoms with van der Waals surface area (Å²) in [4.78, 5) is 35.6. The first-order chi connectivity index (χ1) is 9.71. The molecule has 0 atom stereocenters. The van der Waals surface area contributed by atoms with Gasteiger partial charge in [0.2, 0.25) is 5.91 Å². The van der Waals surface area contributed by atoms with E-state index in [1.807, 2.05) is 0 Å². The summed E-state index contributed by atoms with van der Waals surface area (Å²) in [5.74, 6) is -1.50. The molecule has 0 aliphatic carbocycles. The first kappa shape index (κ1) is 16.7. The molecule has 0 aromatic carbocycles. The van der Waals surface area contributed by atoms with Crippen LogP contribution in [0, 0.1) is 0 Å². The molecule has 0 saturated carbocycles. The number of carbonyl (C=O) groups excluding carboxylic acids is 2. The highest BCUT2D eigenvalue weighted by atomic mass is 16.4. The van der Waals surface area contributed by atoms with Gasteiger partial charge >= 0.3 is 5.97 Å². The molecule has 0 unspecified atom stereocenters. The summed E-state index contributed by atoms with van der Waals surface area (Å²) < 4.78 is 4.98. The molecule has 0 saturated heterocycles. The summed E-state index contributed by atoms with van der Waals surface area (Å²) >= 11 is 0. The van der Waals surface area contributed by atoms with E-state index in [0.717, 1.165) is 0 Å². The molecule has 0 bridgehead atoms. The van der Waals surface area contributed by atoms with Crippen molar-refractivity contribution in [2.24, 2.45) is 0 Å². The quantitative estimate of drug-likeness (QED) is 0.785. The van der Waals surface area contributed by atoms with Crippen LogP contribution in [0.15, 0.2) is 22.8 Å². The van der Waals surface area contributed by atoms with Crippen LogP contribution in [-0.2, 0) is 9.59 Å². The molecular formula is C14H20N2O5. The van der Waals surface area contributed by atoms with Crippen molar-refractivity contribution in [1.82, 2.24) is 10.2 Å². The third-order valence-corrected chi connectivity index (χ3v) is 2.90. The van der Waals surface area contributed by atoms with E-state index in [4.69, 9.17) is 9.52 Å². The molecule has 0 radical (unpaired) electrons. The van der Waals surface area contributed by atoms with Crippen LogP contribution in [0.4, 0.5) is 0 Å². The molecular weight excluding hydrogens is 276 g/mol. The van der Waals surface area contributed by atoms with Gasteiger partial charge in [-0.1, -0.05) is 0 Å². The summed E-state index contributed by atoms with van der Waals surface area (Å²) in [6.07, 6.45) is 1.66. The predicted molar refractivity (Wildman–Crippen MR) is 74.8 cm³/mol. The van der Waals surface area contributed by atoms with Gasteiger partial charge < -0.3 is 19.7 Å². The number of nitrogens with one attached hydrogen (secondary N) is 1. The second-order valence-electron chi connectivity index (χ2n) is 5.46. The number of rotatable bonds is 7. The maximum Gasteiger partial charge on any atom is 0.303 e. The van der Waals surface area contributed by atoms with E-state index in [0.29, 0.717) is 6.42 Å². The Morgan fingerprint density at radius 3 is 2.57 bits per heavy atom. The summed E-state index contributed by atoms with van der Waals surface area (Å²) in [6, 6.07) is 3.11. The van der Waals surface area contributed by atoms with E-state index in [1.165, 1.54) is 24.3 Å². The Kier molecular flexibility index (Phi) is 5.52. The maximum absolute atomic E-state index is 11.9. The Morgan fingerprint density at radius 2 is 2.05 bits per heavy atom. The Bertz CT molecular complexity index is 507. The molecule has 2 amide bonds. The van der Waals surface area contributed by atoms with Crippen molar-refractivity contribution >= 4 is 17.8 Å². The van der Waals surface area contributed by atoms with E-state index < -0.39 is 17.4 Å². The summed E-state index contributed by atoms with van der Waals surface area (Å²) in [7, 11) is 1.49. The first-order valence-electron chi connectivity index (χ1n) is 6.53. The lowest BCUT2D eigenvalue weighted by Crippen LogP contribution is -2.48. The van der Waals surface area contributed by atoms with Crippen LogP contribution in [0.3, 0.4) is 0 Å². The standard InChI is InChI=1S/C14H20N2O5/c1-14(2,7-6-12(18)19)15-11(17)9-16(3)13(20)10-5-4-8-21-10/h4-5,8H,6-7,9H2,1-3H3,(H,15,17)(H,18,19). The third-order valence-electron chi connectivity index (χ3n) is 2.90. The first-order valence-corrected chi connectivity index (χ1v) is 6.53. The summed E-state index contributed by atoms with van der Waals surface area (Å²) in [5, 5.41) is 11.4. The van der Waals surface area contributed by atoms with Crippen molar-refractivity contribution in [2.75, 3.05) is 13.6 Å². The highest BCUT2D eigenvalue weighted by Crippen LogP contribution is 2.11. The third kappa shape index (κ3) is 5.68. The molecule has 7 heteroatoms. The Labute approximate surface area is 122 Å². The van der Waals surface area contributed by atoms with Crippen molar-refractivity contribution in [3.05, 3.63) is 24.2 Å². The number of furan rings is 1. The minimum atomic E-state index is -0.914. The topological polar surface area (TPSA) is 99.9 Å². The molecule has 7 nitrogen and oxygen atoms in total. The molecule has 0 fully saturated rings. The smallest absolute Gasteiger partial charge is 0.303 e. The van der Waals surface area contributed by atoms with E-state index in [1.54, 1.807) is 19.9 Å². The van der Waals surface area contributed by atoms with E-state index in [9.17, 15) is 14.4 Å². The molecule has 116 valence electrons. The molecule has 1 rings (SSSR count). The molecule has 0 aliphatic rings. The van der Waals surface area contributed by atoms with Crippen LogP contribution in [0.5, 0.6) is 0 Å². The van der Waals surface area contributed by atoms with Crippen molar-refractivity contribution in [2.45, 2.75) is 32.2 Å². The maximum atomic E-state index is 11.9. The molecule has 1 heterocycles. The van der Waals surface area contributed by atoms with Gasteiger partial charge in [0.05, 0.1) is 12.8 Å². The summed E-state index contributed by atoms with van der Waals surface area (Å²) in [5.41, 5.74) is -0.649. The number of amides is 2. The number of nitrogens with zero attached hydrogens (tertiary/aromatic N) is 1. The van der Waals surface area contributed by atoms with Crippen molar-refractivity contribution in [3.8, 4) is 0 Å². The van der Waals surface area contributed by atoms with Gasteiger partial charge in [-0.3, -0.25) is 14.4 Å². The van der Waals surface area contributed by atoms with Crippen molar-refractivity contribution in [3.63, 3.8) is 0 Å². The van der Waals surface area contributed by atoms with E-state index in [2.05, 4.69) is 5.32 Å². The van der Waals surface area contributed by atoms with Crippen LogP contribution in [0.1, 0.15) is 37.2 Å². The number of aliphatic carboxylic acids is 1. The fourth-order valence-corrected chi connectivity index (χ4v) is 1.77. The predicted octanol–water partition coefficient (Wildman–Crippen LogP) is 1.11. The Hall–Kier alpha value is -2.31. The van der Waals surface area contributed by atoms with Crippen LogP contribution in [0.25, 0.3) is 0 Å². The van der Waals surface area contributed by atoms with Crippen molar-refractivity contribution in [1.29, 1.82) is 0 Å². The van der Waals surface area contributed by atoms with E-state index in [-0.39, 0.29) is 24.6 Å². The zero-order chi connectivity index (χ0) is 16.0. The number of carbonyl (C=O) groups is 3. The number of carboxylic acid groups (broad SMARTS) is 1. The molecule has 1 aromatic heterocycles. The lowest BCUT2D eigenvalue weighted by molar-refractivity contribution is -0.137. The van der Waals surface area contributed by atoms with Gasteiger partial charge in [-0.15, -0.1) is 0 Å². The molecule has 0 spiro atoms. The van der Waals surface area contributed by atoms with Gasteiger partial charge in [0.25, 0.3) is 5.91 Å². The lowest BCUT2D eigenvalue weighted by Gasteiger charge is -2.27. The Balaban J connectivity index is 2.49. The summed E-state index contributed by atoms with van der Waals surface area (Å²) in [6.45, 7) is 3.35. The largest absolute Gasteiger partial charge is 0.481 e. The SMILES string of the molecule is CN(CC(=O)NC(C)(C)CCC(=O)O)C(=O)c1ccco1. The fourth-order valence-electron chi connectivity index (χ4n) is 1.77. The second-order valence-corrected chi connectivity index (χ2v) is 5.46. The van der Waals surface area contributed by atoms with Crippen LogP contribution in [-0.4, -0.2) is 46.9 Å². The second kappa shape index (κ2) is 6.92. The van der Waals surface area contributed by atoms with Crippen LogP contribution >= 0.6 is 0 Å². The molecule has 21 heavy (non-hydrogen) atoms. The van der Waals surface area contributed by atoms with Crippen LogP contribution < -0.4 is 5.32 Å². The van der Waals surface area contributed by atoms with Crippen molar-refractivity contribution < 1.29 is 23.9 Å². The minimum absolute atomic E-state index is 0.0333. The van der Waals surface area contributed by atoms with Gasteiger partial charge in [-0.25, -0.2) is 0 Å². The normalized spacial score (nSPS) is 11.0. The van der Waals surface area contributed by atoms with E-state index >= 15 is 0 Å². The average molecular weight is 296 g/mol. The van der Waals surface area contributed by atoms with Gasteiger partial charge in [0.1, 0.15) is 0 Å². The monoisotopic (exact) mass is 296 g/mol. The van der Waals surface area contributed by atoms with Gasteiger partial charge in [0.15, 0.2) is 5.76 Å². The van der Waals surface area contributed by atoms with Gasteiger partial charge in [-0.05, 0) is 32.4 Å². The fraction of sp³-hybridized carbons (Fsp3) is 0.500. The number of hydrogen-bond donors (Lipinski definition) is 2. The highest BCUT2D eigenvalue weighted by molar-refractivity contribution is 5.94. The average Bonchev–Trinajstić information content (AvgIpc) is 2.88. The molecule has 0 aliphatic heterocycles. The van der Waals surface area contributed by atoms with Crippen LogP contribution in [0.2, 0.25) is 0 Å². The lowest BCUT2D eigenvalue weighted by atomic mass is 9.98. The molecule has 1 aromatic rings. The number of hydrogen-bond acceptors (Lipinski definition) is 4. The van der Waals surface area contributed by atoms with Gasteiger partial charge in [-0.2, -0.15) is 0 Å². The number of carboxylic acids is 1. The van der Waals surface area contributed by atoms with Gasteiger partial charge in [0, 0.05) is 19.0 Å².